The molecule has 3 rings (SSSR count). The largest absolute Gasteiger partial charge is 0.457 e. The second kappa shape index (κ2) is 8.64. The Balaban J connectivity index is 1.72. The Bertz CT molecular complexity index is 1030. The second-order valence-electron chi connectivity index (χ2n) is 7.77. The van der Waals surface area contributed by atoms with Crippen LogP contribution in [-0.4, -0.2) is 12.1 Å². The second-order valence-corrected chi connectivity index (χ2v) is 8.18. The molecular weight excluding hydrogens is 431 g/mol. The Morgan fingerprint density at radius 1 is 1.16 bits per heavy atom. The van der Waals surface area contributed by atoms with E-state index in [0.717, 1.165) is 6.08 Å². The van der Waals surface area contributed by atoms with Gasteiger partial charge in [0.15, 0.2) is 0 Å². The van der Waals surface area contributed by atoms with E-state index in [2.05, 4.69) is 0 Å². The molecular formula is C23H19ClF3NO3. The Morgan fingerprint density at radius 2 is 1.81 bits per heavy atom. The zero-order valence-electron chi connectivity index (χ0n) is 16.7. The third-order valence-corrected chi connectivity index (χ3v) is 5.59. The fourth-order valence-corrected chi connectivity index (χ4v) is 3.55. The van der Waals surface area contributed by atoms with Crippen LogP contribution < -0.4 is 4.74 Å². The summed E-state index contributed by atoms with van der Waals surface area (Å²) in [5, 5.41) is 8.23. The van der Waals surface area contributed by atoms with Crippen molar-refractivity contribution in [3.05, 3.63) is 71.3 Å². The predicted octanol–water partition coefficient (Wildman–Crippen LogP) is 6.54. The van der Waals surface area contributed by atoms with Crippen LogP contribution in [0.15, 0.2) is 65.7 Å². The van der Waals surface area contributed by atoms with Gasteiger partial charge in [-0.05, 0) is 35.6 Å². The van der Waals surface area contributed by atoms with Crippen molar-refractivity contribution in [1.29, 1.82) is 5.26 Å². The van der Waals surface area contributed by atoms with Gasteiger partial charge in [-0.3, -0.25) is 4.79 Å². The first-order chi connectivity index (χ1) is 14.5. The summed E-state index contributed by atoms with van der Waals surface area (Å²) in [5.74, 6) is -1.27. The highest BCUT2D eigenvalue weighted by atomic mass is 35.5. The summed E-state index contributed by atoms with van der Waals surface area (Å²) < 4.78 is 49.2. The SMILES string of the molecule is CC1(C)C(/C=C(\Cl)C(F)(F)F)C1C(=O)O[C@@H](C#N)c1cccc(Oc2ccccc2)c1. The fraction of sp³-hybridized carbons (Fsp3) is 0.304. The predicted molar refractivity (Wildman–Crippen MR) is 108 cm³/mol. The quantitative estimate of drug-likeness (QED) is 0.469. The molecule has 3 atom stereocenters. The van der Waals surface area contributed by atoms with Gasteiger partial charge in [-0.2, -0.15) is 18.4 Å². The number of esters is 1. The highest BCUT2D eigenvalue weighted by Crippen LogP contribution is 2.60. The van der Waals surface area contributed by atoms with E-state index >= 15 is 0 Å². The van der Waals surface area contributed by atoms with Crippen LogP contribution in [-0.2, 0) is 9.53 Å². The van der Waals surface area contributed by atoms with Gasteiger partial charge in [-0.15, -0.1) is 0 Å². The normalized spacial score (nSPS) is 21.0. The number of nitriles is 1. The number of halogens is 4. The maximum Gasteiger partial charge on any atom is 0.426 e. The number of allylic oxidation sites excluding steroid dienone is 2. The molecule has 0 spiro atoms. The molecule has 31 heavy (non-hydrogen) atoms. The van der Waals surface area contributed by atoms with Crippen molar-refractivity contribution >= 4 is 17.6 Å². The van der Waals surface area contributed by atoms with E-state index in [0.29, 0.717) is 17.1 Å². The molecule has 0 saturated heterocycles. The van der Waals surface area contributed by atoms with Gasteiger partial charge in [-0.1, -0.05) is 61.9 Å². The number of hydrogen-bond acceptors (Lipinski definition) is 4. The molecule has 0 radical (unpaired) electrons. The minimum Gasteiger partial charge on any atom is -0.457 e. The topological polar surface area (TPSA) is 59.3 Å². The zero-order chi connectivity index (χ0) is 22.8. The molecule has 4 nitrogen and oxygen atoms in total. The third-order valence-electron chi connectivity index (χ3n) is 5.25. The summed E-state index contributed by atoms with van der Waals surface area (Å²) in [4.78, 5) is 12.6. The number of benzene rings is 2. The molecule has 0 N–H and O–H groups in total. The van der Waals surface area contributed by atoms with Gasteiger partial charge >= 0.3 is 12.1 Å². The van der Waals surface area contributed by atoms with Gasteiger partial charge in [0, 0.05) is 5.56 Å². The molecule has 0 aliphatic heterocycles. The highest BCUT2D eigenvalue weighted by molar-refractivity contribution is 6.30. The van der Waals surface area contributed by atoms with Crippen LogP contribution in [0.25, 0.3) is 0 Å². The van der Waals surface area contributed by atoms with Crippen molar-refractivity contribution in [3.8, 4) is 17.6 Å². The van der Waals surface area contributed by atoms with Crippen molar-refractivity contribution < 1.29 is 27.4 Å². The first-order valence-corrected chi connectivity index (χ1v) is 9.79. The molecule has 0 aromatic heterocycles. The number of carbonyl (C=O) groups excluding carboxylic acids is 1. The van der Waals surface area contributed by atoms with Crippen LogP contribution in [0.5, 0.6) is 11.5 Å². The summed E-state index contributed by atoms with van der Waals surface area (Å²) in [5.41, 5.74) is -0.371. The number of nitrogens with zero attached hydrogens (tertiary/aromatic N) is 1. The minimum atomic E-state index is -4.68. The number of alkyl halides is 3. The van der Waals surface area contributed by atoms with Crippen LogP contribution in [0.1, 0.15) is 25.5 Å². The maximum atomic E-state index is 12.7. The van der Waals surface area contributed by atoms with Crippen LogP contribution in [0.4, 0.5) is 13.2 Å². The van der Waals surface area contributed by atoms with Gasteiger partial charge in [-0.25, -0.2) is 0 Å². The molecule has 1 aliphatic carbocycles. The smallest absolute Gasteiger partial charge is 0.426 e. The molecule has 1 saturated carbocycles. The Kier molecular flexibility index (Phi) is 6.33. The summed E-state index contributed by atoms with van der Waals surface area (Å²) in [6.45, 7) is 3.30. The molecule has 8 heteroatoms. The van der Waals surface area contributed by atoms with Crippen molar-refractivity contribution in [3.63, 3.8) is 0 Å². The van der Waals surface area contributed by atoms with E-state index in [1.54, 1.807) is 50.2 Å². The van der Waals surface area contributed by atoms with E-state index in [9.17, 15) is 23.2 Å². The highest BCUT2D eigenvalue weighted by Gasteiger charge is 2.62. The standard InChI is InChI=1S/C23H19ClF3NO3/c1-22(2)17(12-19(24)23(25,26)27)20(22)21(29)31-18(13-28)14-7-6-10-16(11-14)30-15-8-4-3-5-9-15/h3-12,17-18,20H,1-2H3/b19-12-/t17?,18-,20?/m0/s1. The molecule has 1 fully saturated rings. The van der Waals surface area contributed by atoms with E-state index in [4.69, 9.17) is 21.1 Å². The van der Waals surface area contributed by atoms with E-state index < -0.39 is 40.5 Å². The average Bonchev–Trinajstić information content (AvgIpc) is 3.26. The summed E-state index contributed by atoms with van der Waals surface area (Å²) in [7, 11) is 0. The fourth-order valence-electron chi connectivity index (χ4n) is 3.42. The molecule has 2 aromatic carbocycles. The van der Waals surface area contributed by atoms with Gasteiger partial charge < -0.3 is 9.47 Å². The van der Waals surface area contributed by atoms with Crippen molar-refractivity contribution in [2.75, 3.05) is 0 Å². The van der Waals surface area contributed by atoms with Gasteiger partial charge in [0.2, 0.25) is 6.10 Å². The number of rotatable bonds is 6. The summed E-state index contributed by atoms with van der Waals surface area (Å²) >= 11 is 5.32. The van der Waals surface area contributed by atoms with Crippen LogP contribution in [0.2, 0.25) is 0 Å². The summed E-state index contributed by atoms with van der Waals surface area (Å²) in [6.07, 6.45) is -5.07. The van der Waals surface area contributed by atoms with Crippen molar-refractivity contribution in [2.24, 2.45) is 17.3 Å². The molecule has 0 amide bonds. The minimum absolute atomic E-state index is 0.392. The summed E-state index contributed by atoms with van der Waals surface area (Å²) in [6, 6.07) is 17.4. The average molecular weight is 450 g/mol. The van der Waals surface area contributed by atoms with Crippen LogP contribution in [0.3, 0.4) is 0 Å². The van der Waals surface area contributed by atoms with Gasteiger partial charge in [0.05, 0.1) is 5.92 Å². The number of para-hydroxylation sites is 1. The number of ether oxygens (including phenoxy) is 2. The lowest BCUT2D eigenvalue weighted by Gasteiger charge is -2.13. The lowest BCUT2D eigenvalue weighted by molar-refractivity contribution is -0.149. The van der Waals surface area contributed by atoms with E-state index in [-0.39, 0.29) is 0 Å². The number of hydrogen-bond donors (Lipinski definition) is 0. The van der Waals surface area contributed by atoms with E-state index in [1.165, 1.54) is 0 Å². The molecule has 2 unspecified atom stereocenters. The Labute approximate surface area is 182 Å². The lowest BCUT2D eigenvalue weighted by Crippen LogP contribution is -2.14. The lowest BCUT2D eigenvalue weighted by atomic mass is 10.1. The third kappa shape index (κ3) is 5.20. The molecule has 1 aliphatic rings. The number of carbonyl (C=O) groups is 1. The first-order valence-electron chi connectivity index (χ1n) is 9.41. The van der Waals surface area contributed by atoms with Crippen LogP contribution in [0, 0.1) is 28.6 Å². The van der Waals surface area contributed by atoms with Gasteiger partial charge in [0.1, 0.15) is 22.6 Å². The van der Waals surface area contributed by atoms with Crippen molar-refractivity contribution in [1.82, 2.24) is 0 Å². The maximum absolute atomic E-state index is 12.7. The first kappa shape index (κ1) is 22.7. The molecule has 162 valence electrons. The molecule has 0 bridgehead atoms. The van der Waals surface area contributed by atoms with E-state index in [1.807, 2.05) is 24.3 Å². The van der Waals surface area contributed by atoms with Crippen LogP contribution >= 0.6 is 11.6 Å². The van der Waals surface area contributed by atoms with Crippen molar-refractivity contribution in [2.45, 2.75) is 26.1 Å². The zero-order valence-corrected chi connectivity index (χ0v) is 17.4. The molecule has 0 heterocycles. The monoisotopic (exact) mass is 449 g/mol. The Hall–Kier alpha value is -2.98. The molecule has 2 aromatic rings. The van der Waals surface area contributed by atoms with Gasteiger partial charge in [0.25, 0.3) is 0 Å². The Morgan fingerprint density at radius 3 is 2.42 bits per heavy atom.